The smallest absolute Gasteiger partial charge is 0.200 e. The van der Waals surface area contributed by atoms with E-state index in [0.717, 1.165) is 25.7 Å². The number of carbonyl (C=O) groups excluding carboxylic acids is 1. The average molecular weight is 336 g/mol. The first-order valence-electron chi connectivity index (χ1n) is 8.74. The summed E-state index contributed by atoms with van der Waals surface area (Å²) in [6, 6.07) is 12.7. The van der Waals surface area contributed by atoms with Crippen LogP contribution < -0.4 is 10.2 Å². The number of carbonyl (C=O) groups is 1. The number of ether oxygens (including phenoxy) is 1. The summed E-state index contributed by atoms with van der Waals surface area (Å²) in [5.74, 6) is 1.13. The fourth-order valence-electron chi connectivity index (χ4n) is 3.64. The summed E-state index contributed by atoms with van der Waals surface area (Å²) >= 11 is 0. The molecule has 0 spiro atoms. The zero-order valence-electron chi connectivity index (χ0n) is 14.2. The van der Waals surface area contributed by atoms with Crippen LogP contribution in [0.15, 0.2) is 51.7 Å². The highest BCUT2D eigenvalue weighted by atomic mass is 16.5. The van der Waals surface area contributed by atoms with E-state index in [1.807, 2.05) is 18.2 Å². The zero-order chi connectivity index (χ0) is 17.4. The third-order valence-electron chi connectivity index (χ3n) is 5.10. The summed E-state index contributed by atoms with van der Waals surface area (Å²) in [7, 11) is 0. The van der Waals surface area contributed by atoms with Gasteiger partial charge in [0, 0.05) is 5.92 Å². The summed E-state index contributed by atoms with van der Waals surface area (Å²) in [6.45, 7) is 1.67. The normalized spacial score (nSPS) is 20.7. The lowest BCUT2D eigenvalue weighted by molar-refractivity contribution is -0.122. The molecule has 0 aliphatic heterocycles. The van der Waals surface area contributed by atoms with Crippen LogP contribution in [0, 0.1) is 5.92 Å². The van der Waals surface area contributed by atoms with E-state index in [1.165, 1.54) is 0 Å². The average Bonchev–Trinajstić information content (AvgIpc) is 2.63. The molecule has 0 amide bonds. The Morgan fingerprint density at radius 3 is 2.48 bits per heavy atom. The molecule has 0 atom stereocenters. The number of hydrogen-bond acceptors (Lipinski definition) is 4. The minimum absolute atomic E-state index is 0.0393. The molecule has 0 radical (unpaired) electrons. The number of benzene rings is 2. The summed E-state index contributed by atoms with van der Waals surface area (Å²) in [6.07, 6.45) is 3.59. The second-order valence-electron chi connectivity index (χ2n) is 6.79. The predicted octanol–water partition coefficient (Wildman–Crippen LogP) is 4.47. The van der Waals surface area contributed by atoms with Crippen molar-refractivity contribution in [3.63, 3.8) is 0 Å². The summed E-state index contributed by atoms with van der Waals surface area (Å²) in [4.78, 5) is 24.2. The Kier molecular flexibility index (Phi) is 4.04. The van der Waals surface area contributed by atoms with Crippen molar-refractivity contribution in [2.45, 2.75) is 38.7 Å². The predicted molar refractivity (Wildman–Crippen MR) is 97.0 cm³/mol. The molecular weight excluding hydrogens is 316 g/mol. The van der Waals surface area contributed by atoms with Gasteiger partial charge in [0.25, 0.3) is 0 Å². The molecule has 1 aromatic heterocycles. The van der Waals surface area contributed by atoms with Gasteiger partial charge in [0.2, 0.25) is 5.43 Å². The molecule has 1 fully saturated rings. The van der Waals surface area contributed by atoms with Gasteiger partial charge in [-0.2, -0.15) is 0 Å². The lowest BCUT2D eigenvalue weighted by Crippen LogP contribution is -2.27. The number of hydrogen-bond donors (Lipinski definition) is 0. The van der Waals surface area contributed by atoms with Gasteiger partial charge in [-0.3, -0.25) is 9.59 Å². The zero-order valence-corrected chi connectivity index (χ0v) is 14.2. The monoisotopic (exact) mass is 336 g/mol. The topological polar surface area (TPSA) is 56.5 Å². The van der Waals surface area contributed by atoms with Crippen molar-refractivity contribution in [2.75, 3.05) is 0 Å². The van der Waals surface area contributed by atoms with Crippen molar-refractivity contribution in [2.24, 2.45) is 5.92 Å². The van der Waals surface area contributed by atoms with Gasteiger partial charge in [0.1, 0.15) is 22.7 Å². The van der Waals surface area contributed by atoms with Gasteiger partial charge in [-0.25, -0.2) is 0 Å². The fourth-order valence-corrected chi connectivity index (χ4v) is 3.64. The van der Waals surface area contributed by atoms with Crippen molar-refractivity contribution < 1.29 is 13.9 Å². The molecule has 0 saturated heterocycles. The van der Waals surface area contributed by atoms with Gasteiger partial charge >= 0.3 is 0 Å². The van der Waals surface area contributed by atoms with Crippen LogP contribution >= 0.6 is 0 Å². The third kappa shape index (κ3) is 3.04. The lowest BCUT2D eigenvalue weighted by atomic mass is 9.85. The SMILES string of the molecule is CC(=O)[C@H]1CC[C@@H](Oc2ccc3oc4ccccc4c(=O)c3c2)CC1. The standard InChI is InChI=1S/C21H20O4/c1-13(22)14-6-8-15(9-7-14)24-16-10-11-20-18(12-16)21(23)17-4-2-3-5-19(17)25-20/h2-5,10-12,14-15H,6-9H2,1H3/t14-,15+. The molecule has 0 unspecified atom stereocenters. The van der Waals surface area contributed by atoms with Crippen molar-refractivity contribution in [1.82, 2.24) is 0 Å². The summed E-state index contributed by atoms with van der Waals surface area (Å²) in [5, 5.41) is 1.11. The minimum Gasteiger partial charge on any atom is -0.490 e. The molecule has 0 N–H and O–H groups in total. The largest absolute Gasteiger partial charge is 0.490 e. The molecule has 1 heterocycles. The van der Waals surface area contributed by atoms with E-state index in [1.54, 1.807) is 31.2 Å². The fraction of sp³-hybridized carbons (Fsp3) is 0.333. The highest BCUT2D eigenvalue weighted by Gasteiger charge is 2.25. The number of rotatable bonds is 3. The second-order valence-corrected chi connectivity index (χ2v) is 6.79. The van der Waals surface area contributed by atoms with Crippen LogP contribution in [-0.4, -0.2) is 11.9 Å². The number of Topliss-reactive ketones (excluding diaryl/α,β-unsaturated/α-hetero) is 1. The summed E-state index contributed by atoms with van der Waals surface area (Å²) in [5.41, 5.74) is 1.12. The van der Waals surface area contributed by atoms with Crippen molar-refractivity contribution >= 4 is 27.7 Å². The van der Waals surface area contributed by atoms with Crippen LogP contribution in [0.2, 0.25) is 0 Å². The van der Waals surface area contributed by atoms with E-state index >= 15 is 0 Å². The molecule has 2 aromatic carbocycles. The number of ketones is 1. The lowest BCUT2D eigenvalue weighted by Gasteiger charge is -2.27. The Bertz CT molecular complexity index is 994. The van der Waals surface area contributed by atoms with E-state index < -0.39 is 0 Å². The van der Waals surface area contributed by atoms with E-state index in [9.17, 15) is 9.59 Å². The maximum absolute atomic E-state index is 12.7. The van der Waals surface area contributed by atoms with E-state index in [2.05, 4.69) is 0 Å². The Balaban J connectivity index is 1.61. The number of fused-ring (bicyclic) bond motifs is 2. The van der Waals surface area contributed by atoms with E-state index in [4.69, 9.17) is 9.15 Å². The first kappa shape index (κ1) is 15.9. The molecule has 1 aliphatic carbocycles. The molecule has 25 heavy (non-hydrogen) atoms. The van der Waals surface area contributed by atoms with Crippen LogP contribution in [0.4, 0.5) is 0 Å². The Morgan fingerprint density at radius 2 is 1.72 bits per heavy atom. The molecule has 0 bridgehead atoms. The molecule has 1 saturated carbocycles. The molecular formula is C21H20O4. The van der Waals surface area contributed by atoms with Crippen LogP contribution in [0.1, 0.15) is 32.6 Å². The first-order valence-corrected chi connectivity index (χ1v) is 8.74. The van der Waals surface area contributed by atoms with Crippen LogP contribution in [-0.2, 0) is 4.79 Å². The van der Waals surface area contributed by atoms with Gasteiger partial charge in [0.15, 0.2) is 0 Å². The Morgan fingerprint density at radius 1 is 1.00 bits per heavy atom. The molecule has 1 aliphatic rings. The van der Waals surface area contributed by atoms with Gasteiger partial charge in [-0.05, 0) is 62.9 Å². The number of para-hydroxylation sites is 1. The maximum atomic E-state index is 12.7. The molecule has 4 rings (SSSR count). The van der Waals surface area contributed by atoms with Crippen molar-refractivity contribution in [3.05, 3.63) is 52.7 Å². The maximum Gasteiger partial charge on any atom is 0.200 e. The molecule has 4 heteroatoms. The van der Waals surface area contributed by atoms with E-state index in [-0.39, 0.29) is 23.2 Å². The van der Waals surface area contributed by atoms with Crippen LogP contribution in [0.5, 0.6) is 5.75 Å². The third-order valence-corrected chi connectivity index (χ3v) is 5.10. The molecule has 3 aromatic rings. The Hall–Kier alpha value is -2.62. The van der Waals surface area contributed by atoms with Gasteiger partial charge in [-0.1, -0.05) is 12.1 Å². The van der Waals surface area contributed by atoms with Crippen LogP contribution in [0.3, 0.4) is 0 Å². The quantitative estimate of drug-likeness (QED) is 0.662. The highest BCUT2D eigenvalue weighted by Crippen LogP contribution is 2.29. The first-order chi connectivity index (χ1) is 12.1. The van der Waals surface area contributed by atoms with Crippen molar-refractivity contribution in [1.29, 1.82) is 0 Å². The van der Waals surface area contributed by atoms with Gasteiger partial charge < -0.3 is 9.15 Å². The van der Waals surface area contributed by atoms with Gasteiger partial charge in [0.05, 0.1) is 16.9 Å². The molecule has 4 nitrogen and oxygen atoms in total. The van der Waals surface area contributed by atoms with Crippen LogP contribution in [0.25, 0.3) is 21.9 Å². The minimum atomic E-state index is -0.0393. The van der Waals surface area contributed by atoms with Crippen molar-refractivity contribution in [3.8, 4) is 5.75 Å². The molecule has 128 valence electrons. The second kappa shape index (κ2) is 6.36. The highest BCUT2D eigenvalue weighted by molar-refractivity contribution is 5.90. The summed E-state index contributed by atoms with van der Waals surface area (Å²) < 4.78 is 11.9. The Labute approximate surface area is 145 Å². The van der Waals surface area contributed by atoms with Gasteiger partial charge in [-0.15, -0.1) is 0 Å². The van der Waals surface area contributed by atoms with E-state index in [0.29, 0.717) is 27.7 Å².